The van der Waals surface area contributed by atoms with Gasteiger partial charge in [0.2, 0.25) is 0 Å². The first-order valence-corrected chi connectivity index (χ1v) is 6.78. The minimum absolute atomic E-state index is 0.0197. The van der Waals surface area contributed by atoms with Crippen LogP contribution in [0, 0.1) is 0 Å². The van der Waals surface area contributed by atoms with E-state index in [1.54, 1.807) is 0 Å². The quantitative estimate of drug-likeness (QED) is 0.862. The van der Waals surface area contributed by atoms with Crippen LogP contribution in [-0.2, 0) is 6.54 Å². The van der Waals surface area contributed by atoms with E-state index in [1.807, 2.05) is 23.4 Å². The fourth-order valence-electron chi connectivity index (χ4n) is 2.10. The summed E-state index contributed by atoms with van der Waals surface area (Å²) in [4.78, 5) is 4.19. The van der Waals surface area contributed by atoms with Gasteiger partial charge in [-0.15, -0.1) is 5.10 Å². The lowest BCUT2D eigenvalue weighted by molar-refractivity contribution is 0.541. The number of nitrogens with two attached hydrogens (primary N) is 1. The van der Waals surface area contributed by atoms with Gasteiger partial charge in [-0.25, -0.2) is 9.67 Å². The molecular formula is C13H22N6. The fourth-order valence-corrected chi connectivity index (χ4v) is 2.10. The van der Waals surface area contributed by atoms with Gasteiger partial charge < -0.3 is 10.3 Å². The number of imidazole rings is 1. The Morgan fingerprint density at radius 3 is 2.84 bits per heavy atom. The van der Waals surface area contributed by atoms with E-state index in [-0.39, 0.29) is 6.04 Å². The molecule has 0 saturated heterocycles. The molecule has 0 spiro atoms. The van der Waals surface area contributed by atoms with Crippen LogP contribution in [0.3, 0.4) is 0 Å². The first kappa shape index (κ1) is 13.7. The Morgan fingerprint density at radius 2 is 2.16 bits per heavy atom. The fraction of sp³-hybridized carbons (Fsp3) is 0.615. The van der Waals surface area contributed by atoms with Gasteiger partial charge in [-0.2, -0.15) is 0 Å². The van der Waals surface area contributed by atoms with Crippen LogP contribution >= 0.6 is 0 Å². The van der Waals surface area contributed by atoms with Crippen LogP contribution in [-0.4, -0.2) is 24.5 Å². The normalized spacial score (nSPS) is 13.1. The van der Waals surface area contributed by atoms with Crippen molar-refractivity contribution in [1.82, 2.24) is 24.5 Å². The molecule has 19 heavy (non-hydrogen) atoms. The van der Waals surface area contributed by atoms with Gasteiger partial charge in [0.1, 0.15) is 0 Å². The van der Waals surface area contributed by atoms with Gasteiger partial charge in [0.05, 0.1) is 42.7 Å². The van der Waals surface area contributed by atoms with Crippen LogP contribution in [0.4, 0.5) is 0 Å². The molecule has 2 rings (SSSR count). The highest BCUT2D eigenvalue weighted by Gasteiger charge is 2.11. The van der Waals surface area contributed by atoms with Crippen LogP contribution in [0.2, 0.25) is 0 Å². The molecule has 0 amide bonds. The lowest BCUT2D eigenvalue weighted by Gasteiger charge is -2.11. The SMILES string of the molecule is CCCC(N)c1cn(Cc2cncn2C(C)C)nn1. The summed E-state index contributed by atoms with van der Waals surface area (Å²) in [6, 6.07) is 0.372. The summed E-state index contributed by atoms with van der Waals surface area (Å²) >= 11 is 0. The molecule has 104 valence electrons. The standard InChI is InChI=1S/C13H22N6/c1-4-5-12(14)13-8-18(17-16-13)7-11-6-15-9-19(11)10(2)3/h6,8-10,12H,4-5,7,14H2,1-3H3. The van der Waals surface area contributed by atoms with Crippen molar-refractivity contribution in [3.63, 3.8) is 0 Å². The average Bonchev–Trinajstić information content (AvgIpc) is 2.99. The summed E-state index contributed by atoms with van der Waals surface area (Å²) in [7, 11) is 0. The summed E-state index contributed by atoms with van der Waals surface area (Å²) in [6.07, 6.45) is 7.63. The largest absolute Gasteiger partial charge is 0.330 e. The van der Waals surface area contributed by atoms with Crippen LogP contribution in [0.25, 0.3) is 0 Å². The van der Waals surface area contributed by atoms with E-state index in [1.165, 1.54) is 0 Å². The van der Waals surface area contributed by atoms with Crippen molar-refractivity contribution in [2.75, 3.05) is 0 Å². The molecule has 6 nitrogen and oxygen atoms in total. The van der Waals surface area contributed by atoms with Crippen molar-refractivity contribution in [1.29, 1.82) is 0 Å². The summed E-state index contributed by atoms with van der Waals surface area (Å²) in [5.74, 6) is 0. The monoisotopic (exact) mass is 262 g/mol. The molecule has 2 aromatic rings. The minimum Gasteiger partial charge on any atom is -0.330 e. The predicted molar refractivity (Wildman–Crippen MR) is 73.6 cm³/mol. The summed E-state index contributed by atoms with van der Waals surface area (Å²) < 4.78 is 3.95. The van der Waals surface area contributed by atoms with Gasteiger partial charge in [-0.3, -0.25) is 0 Å². The Labute approximate surface area is 113 Å². The van der Waals surface area contributed by atoms with E-state index in [2.05, 4.69) is 40.6 Å². The topological polar surface area (TPSA) is 74.6 Å². The highest BCUT2D eigenvalue weighted by atomic mass is 15.4. The van der Waals surface area contributed by atoms with Crippen LogP contribution in [0.15, 0.2) is 18.7 Å². The third kappa shape index (κ3) is 3.20. The van der Waals surface area contributed by atoms with E-state index >= 15 is 0 Å². The van der Waals surface area contributed by atoms with Crippen molar-refractivity contribution < 1.29 is 0 Å². The molecule has 1 unspecified atom stereocenters. The molecule has 0 radical (unpaired) electrons. The van der Waals surface area contributed by atoms with Gasteiger partial charge >= 0.3 is 0 Å². The molecule has 0 aromatic carbocycles. The summed E-state index contributed by atoms with van der Waals surface area (Å²) in [5, 5.41) is 8.29. The maximum Gasteiger partial charge on any atom is 0.0994 e. The second-order valence-electron chi connectivity index (χ2n) is 5.12. The molecule has 6 heteroatoms. The number of nitrogens with zero attached hydrogens (tertiary/aromatic N) is 5. The molecule has 1 atom stereocenters. The van der Waals surface area contributed by atoms with Crippen molar-refractivity contribution in [2.24, 2.45) is 5.73 Å². The number of hydrogen-bond acceptors (Lipinski definition) is 4. The van der Waals surface area contributed by atoms with Crippen LogP contribution in [0.1, 0.15) is 57.1 Å². The Hall–Kier alpha value is -1.69. The van der Waals surface area contributed by atoms with Gasteiger partial charge in [0.25, 0.3) is 0 Å². The van der Waals surface area contributed by atoms with Gasteiger partial charge in [0.15, 0.2) is 0 Å². The lowest BCUT2D eigenvalue weighted by Crippen LogP contribution is -2.10. The van der Waals surface area contributed by atoms with Crippen molar-refractivity contribution in [3.05, 3.63) is 30.1 Å². The minimum atomic E-state index is -0.0197. The van der Waals surface area contributed by atoms with E-state index in [9.17, 15) is 0 Å². The first-order chi connectivity index (χ1) is 9.11. The zero-order valence-electron chi connectivity index (χ0n) is 11.8. The zero-order chi connectivity index (χ0) is 13.8. The van der Waals surface area contributed by atoms with E-state index in [0.29, 0.717) is 12.6 Å². The maximum absolute atomic E-state index is 6.04. The van der Waals surface area contributed by atoms with Crippen molar-refractivity contribution in [2.45, 2.75) is 52.2 Å². The third-order valence-electron chi connectivity index (χ3n) is 3.16. The average molecular weight is 262 g/mol. The first-order valence-electron chi connectivity index (χ1n) is 6.78. The van der Waals surface area contributed by atoms with Crippen LogP contribution < -0.4 is 5.73 Å². The molecule has 0 aliphatic heterocycles. The lowest BCUT2D eigenvalue weighted by atomic mass is 10.1. The van der Waals surface area contributed by atoms with Crippen molar-refractivity contribution >= 4 is 0 Å². The van der Waals surface area contributed by atoms with E-state index < -0.39 is 0 Å². The maximum atomic E-state index is 6.04. The zero-order valence-corrected chi connectivity index (χ0v) is 11.8. The summed E-state index contributed by atoms with van der Waals surface area (Å²) in [5.41, 5.74) is 8.02. The molecular weight excluding hydrogens is 240 g/mol. The summed E-state index contributed by atoms with van der Waals surface area (Å²) in [6.45, 7) is 7.06. The molecule has 2 aromatic heterocycles. The Balaban J connectivity index is 2.09. The Bertz CT molecular complexity index is 513. The van der Waals surface area contributed by atoms with Gasteiger partial charge in [-0.05, 0) is 20.3 Å². The second kappa shape index (κ2) is 5.97. The highest BCUT2D eigenvalue weighted by molar-refractivity contribution is 5.04. The number of hydrogen-bond donors (Lipinski definition) is 1. The Kier molecular flexibility index (Phi) is 4.31. The molecule has 0 fully saturated rings. The number of aromatic nitrogens is 5. The van der Waals surface area contributed by atoms with E-state index in [4.69, 9.17) is 5.73 Å². The molecule has 0 bridgehead atoms. The smallest absolute Gasteiger partial charge is 0.0994 e. The highest BCUT2D eigenvalue weighted by Crippen LogP contribution is 2.14. The molecule has 2 heterocycles. The van der Waals surface area contributed by atoms with E-state index in [0.717, 1.165) is 24.2 Å². The molecule has 2 N–H and O–H groups in total. The third-order valence-corrected chi connectivity index (χ3v) is 3.16. The number of rotatable bonds is 6. The van der Waals surface area contributed by atoms with Crippen molar-refractivity contribution in [3.8, 4) is 0 Å². The van der Waals surface area contributed by atoms with Gasteiger partial charge in [0, 0.05) is 6.04 Å². The molecule has 0 aliphatic carbocycles. The predicted octanol–water partition coefficient (Wildman–Crippen LogP) is 1.90. The molecule has 0 aliphatic rings. The Morgan fingerprint density at radius 1 is 1.37 bits per heavy atom. The van der Waals surface area contributed by atoms with Gasteiger partial charge in [-0.1, -0.05) is 18.6 Å². The molecule has 0 saturated carbocycles. The second-order valence-corrected chi connectivity index (χ2v) is 5.12. The van der Waals surface area contributed by atoms with Crippen LogP contribution in [0.5, 0.6) is 0 Å².